The van der Waals surface area contributed by atoms with E-state index >= 15 is 0 Å². The molecule has 0 amide bonds. The Kier molecular flexibility index (Phi) is 2.79. The lowest BCUT2D eigenvalue weighted by Gasteiger charge is -1.98. The van der Waals surface area contributed by atoms with E-state index in [1.807, 2.05) is 0 Å². The molecular formula is C4H9N3O. The summed E-state index contributed by atoms with van der Waals surface area (Å²) in [6.07, 6.45) is 0. The lowest BCUT2D eigenvalue weighted by Crippen LogP contribution is -2.17. The van der Waals surface area contributed by atoms with Crippen LogP contribution >= 0.6 is 0 Å². The average molecular weight is 115 g/mol. The Morgan fingerprint density at radius 3 is 2.25 bits per heavy atom. The van der Waals surface area contributed by atoms with Crippen LogP contribution in [0.5, 0.6) is 0 Å². The minimum atomic E-state index is -0.0718. The van der Waals surface area contributed by atoms with Gasteiger partial charge in [-0.15, -0.1) is 0 Å². The Morgan fingerprint density at radius 1 is 1.62 bits per heavy atom. The van der Waals surface area contributed by atoms with Gasteiger partial charge in [0.25, 0.3) is 0 Å². The summed E-state index contributed by atoms with van der Waals surface area (Å²) in [4.78, 5) is 0. The van der Waals surface area contributed by atoms with Crippen molar-refractivity contribution in [3.05, 3.63) is 0 Å². The summed E-state index contributed by atoms with van der Waals surface area (Å²) in [7, 11) is 0. The minimum absolute atomic E-state index is 0.000417. The fraction of sp³-hybridized carbons (Fsp3) is 0.500. The molecule has 0 fully saturated rings. The van der Waals surface area contributed by atoms with Crippen molar-refractivity contribution in [1.29, 1.82) is 10.8 Å². The first-order chi connectivity index (χ1) is 3.66. The Hall–Kier alpha value is -0.900. The van der Waals surface area contributed by atoms with Crippen molar-refractivity contribution in [2.75, 3.05) is 6.54 Å². The quantitative estimate of drug-likeness (QED) is 0.330. The van der Waals surface area contributed by atoms with Crippen LogP contribution in [0.4, 0.5) is 0 Å². The van der Waals surface area contributed by atoms with Gasteiger partial charge in [0.05, 0.1) is 6.54 Å². The predicted octanol–water partition coefficient (Wildman–Crippen LogP) is -0.0639. The Morgan fingerprint density at radius 2 is 2.12 bits per heavy atom. The number of hydrogen-bond acceptors (Lipinski definition) is 4. The van der Waals surface area contributed by atoms with Gasteiger partial charge in [-0.05, 0) is 0 Å². The van der Waals surface area contributed by atoms with E-state index in [9.17, 15) is 0 Å². The van der Waals surface area contributed by atoms with Crippen LogP contribution < -0.4 is 5.73 Å². The molecule has 0 spiro atoms. The molecule has 0 atom stereocenters. The van der Waals surface area contributed by atoms with Crippen LogP contribution in [0.2, 0.25) is 0 Å². The molecule has 0 bridgehead atoms. The van der Waals surface area contributed by atoms with Crippen molar-refractivity contribution in [2.24, 2.45) is 5.73 Å². The molecular weight excluding hydrogens is 106 g/mol. The highest BCUT2D eigenvalue weighted by Gasteiger charge is 1.92. The van der Waals surface area contributed by atoms with Crippen LogP contribution in [0.25, 0.3) is 0 Å². The van der Waals surface area contributed by atoms with Gasteiger partial charge >= 0.3 is 0 Å². The molecule has 8 heavy (non-hydrogen) atoms. The van der Waals surface area contributed by atoms with Crippen LogP contribution in [0, 0.1) is 10.8 Å². The molecule has 0 radical (unpaired) electrons. The van der Waals surface area contributed by atoms with Crippen LogP contribution in [0.3, 0.4) is 0 Å². The first-order valence-corrected chi connectivity index (χ1v) is 2.17. The van der Waals surface area contributed by atoms with Crippen LogP contribution in [-0.2, 0) is 4.74 Å². The molecule has 4 N–H and O–H groups in total. The van der Waals surface area contributed by atoms with Gasteiger partial charge in [0.2, 0.25) is 5.90 Å². The molecule has 0 aromatic heterocycles. The number of rotatable bonds is 1. The first kappa shape index (κ1) is 7.10. The molecule has 0 saturated heterocycles. The molecule has 46 valence electrons. The normalized spacial score (nSPS) is 8.25. The zero-order valence-electron chi connectivity index (χ0n) is 4.69. The summed E-state index contributed by atoms with van der Waals surface area (Å²) in [6, 6.07) is 0. The van der Waals surface area contributed by atoms with Crippen LogP contribution in [-0.4, -0.2) is 18.3 Å². The Bertz CT molecular complexity index is 110. The molecule has 0 unspecified atom stereocenters. The zero-order valence-corrected chi connectivity index (χ0v) is 4.69. The maximum atomic E-state index is 6.78. The van der Waals surface area contributed by atoms with Crippen molar-refractivity contribution < 1.29 is 4.74 Å². The number of ether oxygens (including phenoxy) is 1. The van der Waals surface area contributed by atoms with E-state index in [1.165, 1.54) is 6.92 Å². The first-order valence-electron chi connectivity index (χ1n) is 2.17. The standard InChI is InChI=1S/C4H9N3O/c1-3(6)8-4(7)2-5/h6-7H,2,5H2,1H3. The molecule has 0 aromatic carbocycles. The van der Waals surface area contributed by atoms with Gasteiger partial charge in [0.15, 0.2) is 5.90 Å². The summed E-state index contributed by atoms with van der Waals surface area (Å²) in [5, 5.41) is 13.5. The summed E-state index contributed by atoms with van der Waals surface area (Å²) in [5.41, 5.74) is 4.97. The van der Waals surface area contributed by atoms with Crippen molar-refractivity contribution >= 4 is 11.8 Å². The SMILES string of the molecule is CC(=N)OC(=N)CN. The largest absolute Gasteiger partial charge is 0.429 e. The highest BCUT2D eigenvalue weighted by Crippen LogP contribution is 1.75. The van der Waals surface area contributed by atoms with Gasteiger partial charge in [-0.1, -0.05) is 0 Å². The smallest absolute Gasteiger partial charge is 0.202 e. The molecule has 0 saturated carbocycles. The zero-order chi connectivity index (χ0) is 6.57. The highest BCUT2D eigenvalue weighted by atomic mass is 16.5. The molecule has 0 aliphatic heterocycles. The van der Waals surface area contributed by atoms with Gasteiger partial charge in [-0.2, -0.15) is 0 Å². The van der Waals surface area contributed by atoms with E-state index in [1.54, 1.807) is 0 Å². The molecule has 0 aromatic rings. The molecule has 4 heteroatoms. The lowest BCUT2D eigenvalue weighted by molar-refractivity contribution is 0.520. The minimum Gasteiger partial charge on any atom is -0.429 e. The van der Waals surface area contributed by atoms with E-state index in [2.05, 4.69) is 4.74 Å². The summed E-state index contributed by atoms with van der Waals surface area (Å²) in [6.45, 7) is 1.50. The summed E-state index contributed by atoms with van der Waals surface area (Å²) in [5.74, 6) is -0.0713. The number of nitrogens with one attached hydrogen (secondary N) is 2. The van der Waals surface area contributed by atoms with E-state index in [4.69, 9.17) is 16.6 Å². The van der Waals surface area contributed by atoms with Crippen molar-refractivity contribution in [3.63, 3.8) is 0 Å². The van der Waals surface area contributed by atoms with Gasteiger partial charge in [-0.3, -0.25) is 10.8 Å². The number of hydrogen-bond donors (Lipinski definition) is 3. The second-order valence-corrected chi connectivity index (χ2v) is 1.29. The second-order valence-electron chi connectivity index (χ2n) is 1.29. The van der Waals surface area contributed by atoms with Crippen LogP contribution in [0.1, 0.15) is 6.92 Å². The number of nitrogens with two attached hydrogens (primary N) is 1. The maximum Gasteiger partial charge on any atom is 0.202 e. The molecule has 0 aliphatic carbocycles. The Balaban J connectivity index is 3.40. The van der Waals surface area contributed by atoms with Crippen LogP contribution in [0.15, 0.2) is 0 Å². The molecule has 0 heterocycles. The summed E-state index contributed by atoms with van der Waals surface area (Å²) >= 11 is 0. The monoisotopic (exact) mass is 115 g/mol. The third-order valence-electron chi connectivity index (χ3n) is 0.462. The molecule has 0 aliphatic rings. The molecule has 4 nitrogen and oxygen atoms in total. The third kappa shape index (κ3) is 3.30. The van der Waals surface area contributed by atoms with Gasteiger partial charge in [0, 0.05) is 6.92 Å². The topological polar surface area (TPSA) is 83.0 Å². The predicted molar refractivity (Wildman–Crippen MR) is 31.3 cm³/mol. The fourth-order valence-electron chi connectivity index (χ4n) is 0.226. The van der Waals surface area contributed by atoms with Gasteiger partial charge < -0.3 is 10.5 Å². The van der Waals surface area contributed by atoms with E-state index < -0.39 is 0 Å². The van der Waals surface area contributed by atoms with E-state index in [0.29, 0.717) is 0 Å². The second kappa shape index (κ2) is 3.15. The third-order valence-corrected chi connectivity index (χ3v) is 0.462. The van der Waals surface area contributed by atoms with E-state index in [-0.39, 0.29) is 18.3 Å². The highest BCUT2D eigenvalue weighted by molar-refractivity contribution is 5.87. The van der Waals surface area contributed by atoms with Crippen molar-refractivity contribution in [1.82, 2.24) is 0 Å². The van der Waals surface area contributed by atoms with Gasteiger partial charge in [-0.25, -0.2) is 0 Å². The maximum absolute atomic E-state index is 6.78. The fourth-order valence-corrected chi connectivity index (χ4v) is 0.226. The molecule has 0 rings (SSSR count). The van der Waals surface area contributed by atoms with Crippen molar-refractivity contribution in [2.45, 2.75) is 6.92 Å². The van der Waals surface area contributed by atoms with Gasteiger partial charge in [0.1, 0.15) is 0 Å². The lowest BCUT2D eigenvalue weighted by atomic mass is 10.6. The van der Waals surface area contributed by atoms with E-state index in [0.717, 1.165) is 0 Å². The van der Waals surface area contributed by atoms with Crippen molar-refractivity contribution in [3.8, 4) is 0 Å². The average Bonchev–Trinajstić information content (AvgIpc) is 1.65. The Labute approximate surface area is 47.7 Å². The summed E-state index contributed by atoms with van der Waals surface area (Å²) < 4.78 is 4.44.